The molecule has 1 aromatic rings. The molecule has 1 aromatic carbocycles. The Bertz CT molecular complexity index is 631. The molecule has 2 rings (SSSR count). The maximum atomic E-state index is 12.5. The second kappa shape index (κ2) is 6.02. The fourth-order valence-corrected chi connectivity index (χ4v) is 4.19. The van der Waals surface area contributed by atoms with Crippen molar-refractivity contribution < 1.29 is 13.2 Å². The summed E-state index contributed by atoms with van der Waals surface area (Å²) in [6.45, 7) is 2.16. The molecule has 110 valence electrons. The lowest BCUT2D eigenvalue weighted by Crippen LogP contribution is -2.41. The van der Waals surface area contributed by atoms with Gasteiger partial charge in [0.2, 0.25) is 10.0 Å². The van der Waals surface area contributed by atoms with Crippen LogP contribution < -0.4 is 0 Å². The predicted octanol–water partition coefficient (Wildman–Crippen LogP) is 2.98. The van der Waals surface area contributed by atoms with Gasteiger partial charge in [-0.15, -0.1) is 0 Å². The summed E-state index contributed by atoms with van der Waals surface area (Å²) < 4.78 is 26.4. The molecule has 1 fully saturated rings. The maximum Gasteiger partial charge on any atom is 0.243 e. The zero-order valence-corrected chi connectivity index (χ0v) is 13.3. The molecule has 0 aromatic heterocycles. The second-order valence-electron chi connectivity index (χ2n) is 4.89. The standard InChI is InChI=1S/C13H15Cl2NO3S/c1-9(17)10-3-2-6-16(8-10)20(18,19)11-4-5-12(14)13(15)7-11/h4-5,7,10H,2-3,6,8H2,1H3. The van der Waals surface area contributed by atoms with Gasteiger partial charge < -0.3 is 0 Å². The fourth-order valence-electron chi connectivity index (χ4n) is 2.28. The second-order valence-corrected chi connectivity index (χ2v) is 7.64. The maximum absolute atomic E-state index is 12.5. The minimum Gasteiger partial charge on any atom is -0.300 e. The van der Waals surface area contributed by atoms with Gasteiger partial charge in [0.1, 0.15) is 5.78 Å². The first-order chi connectivity index (χ1) is 9.32. The van der Waals surface area contributed by atoms with Crippen LogP contribution in [0.15, 0.2) is 23.1 Å². The van der Waals surface area contributed by atoms with Crippen molar-refractivity contribution in [1.82, 2.24) is 4.31 Å². The summed E-state index contributed by atoms with van der Waals surface area (Å²) in [5, 5.41) is 0.513. The van der Waals surface area contributed by atoms with Crippen LogP contribution in [-0.2, 0) is 14.8 Å². The molecule has 0 amide bonds. The SMILES string of the molecule is CC(=O)C1CCCN(S(=O)(=O)c2ccc(Cl)c(Cl)c2)C1. The zero-order valence-electron chi connectivity index (χ0n) is 11.0. The van der Waals surface area contributed by atoms with Crippen molar-refractivity contribution in [2.75, 3.05) is 13.1 Å². The molecule has 4 nitrogen and oxygen atoms in total. The number of rotatable bonds is 3. The summed E-state index contributed by atoms with van der Waals surface area (Å²) in [4.78, 5) is 11.6. The number of hydrogen-bond donors (Lipinski definition) is 0. The molecule has 0 N–H and O–H groups in total. The predicted molar refractivity (Wildman–Crippen MR) is 78.6 cm³/mol. The van der Waals surface area contributed by atoms with Crippen LogP contribution in [0.3, 0.4) is 0 Å². The molecule has 1 heterocycles. The average Bonchev–Trinajstić information content (AvgIpc) is 2.42. The van der Waals surface area contributed by atoms with Crippen molar-refractivity contribution >= 4 is 39.0 Å². The van der Waals surface area contributed by atoms with Gasteiger partial charge in [0.25, 0.3) is 0 Å². The molecule has 0 saturated carbocycles. The molecule has 0 spiro atoms. The van der Waals surface area contributed by atoms with Crippen LogP contribution in [0.1, 0.15) is 19.8 Å². The third-order valence-electron chi connectivity index (χ3n) is 3.49. The van der Waals surface area contributed by atoms with Crippen LogP contribution in [-0.4, -0.2) is 31.6 Å². The van der Waals surface area contributed by atoms with Crippen LogP contribution in [0, 0.1) is 5.92 Å². The van der Waals surface area contributed by atoms with E-state index in [0.717, 1.165) is 6.42 Å². The first kappa shape index (κ1) is 15.8. The number of Topliss-reactive ketones (excluding diaryl/α,β-unsaturated/α-hetero) is 1. The number of hydrogen-bond acceptors (Lipinski definition) is 3. The van der Waals surface area contributed by atoms with Crippen molar-refractivity contribution in [3.8, 4) is 0 Å². The van der Waals surface area contributed by atoms with Gasteiger partial charge in [-0.05, 0) is 38.0 Å². The number of carbonyl (C=O) groups excluding carboxylic acids is 1. The third kappa shape index (κ3) is 3.17. The Labute approximate surface area is 128 Å². The van der Waals surface area contributed by atoms with Crippen molar-refractivity contribution in [2.45, 2.75) is 24.7 Å². The monoisotopic (exact) mass is 335 g/mol. The molecule has 0 bridgehead atoms. The summed E-state index contributed by atoms with van der Waals surface area (Å²) in [5.74, 6) is -0.194. The van der Waals surface area contributed by atoms with Crippen LogP contribution in [0.4, 0.5) is 0 Å². The Kier molecular flexibility index (Phi) is 4.74. The number of benzene rings is 1. The highest BCUT2D eigenvalue weighted by molar-refractivity contribution is 7.89. The molecule has 1 aliphatic rings. The normalized spacial score (nSPS) is 20.9. The summed E-state index contributed by atoms with van der Waals surface area (Å²) in [6.07, 6.45) is 1.42. The zero-order chi connectivity index (χ0) is 14.9. The van der Waals surface area contributed by atoms with Gasteiger partial charge in [-0.2, -0.15) is 4.31 Å². The molecule has 7 heteroatoms. The quantitative estimate of drug-likeness (QED) is 0.853. The van der Waals surface area contributed by atoms with E-state index < -0.39 is 10.0 Å². The van der Waals surface area contributed by atoms with Gasteiger partial charge in [-0.3, -0.25) is 4.79 Å². The molecule has 1 unspecified atom stereocenters. The smallest absolute Gasteiger partial charge is 0.243 e. The molecule has 0 aliphatic carbocycles. The summed E-state index contributed by atoms with van der Waals surface area (Å²) >= 11 is 11.7. The van der Waals surface area contributed by atoms with Gasteiger partial charge in [0.15, 0.2) is 0 Å². The summed E-state index contributed by atoms with van der Waals surface area (Å²) in [6, 6.07) is 4.24. The largest absolute Gasteiger partial charge is 0.300 e. The number of nitrogens with zero attached hydrogens (tertiary/aromatic N) is 1. The van der Waals surface area contributed by atoms with E-state index in [1.165, 1.54) is 29.4 Å². The molecular formula is C13H15Cl2NO3S. The van der Waals surface area contributed by atoms with E-state index in [1.807, 2.05) is 0 Å². The highest BCUT2D eigenvalue weighted by Crippen LogP contribution is 2.28. The highest BCUT2D eigenvalue weighted by atomic mass is 35.5. The minimum absolute atomic E-state index is 0.0269. The molecule has 1 atom stereocenters. The van der Waals surface area contributed by atoms with Gasteiger partial charge >= 0.3 is 0 Å². The molecule has 1 aliphatic heterocycles. The van der Waals surface area contributed by atoms with Gasteiger partial charge in [0, 0.05) is 19.0 Å². The lowest BCUT2D eigenvalue weighted by molar-refractivity contribution is -0.121. The molecule has 0 radical (unpaired) electrons. The van der Waals surface area contributed by atoms with Crippen molar-refractivity contribution in [3.63, 3.8) is 0 Å². The average molecular weight is 336 g/mol. The van der Waals surface area contributed by atoms with Gasteiger partial charge in [-0.1, -0.05) is 23.2 Å². The Balaban J connectivity index is 2.29. The minimum atomic E-state index is -3.63. The number of carbonyl (C=O) groups is 1. The van der Waals surface area contributed by atoms with E-state index in [2.05, 4.69) is 0 Å². The Morgan fingerprint density at radius 3 is 2.60 bits per heavy atom. The van der Waals surface area contributed by atoms with E-state index in [1.54, 1.807) is 0 Å². The lowest BCUT2D eigenvalue weighted by atomic mass is 9.96. The topological polar surface area (TPSA) is 54.5 Å². The molecule has 1 saturated heterocycles. The molecule has 20 heavy (non-hydrogen) atoms. The van der Waals surface area contributed by atoms with E-state index in [0.29, 0.717) is 18.0 Å². The first-order valence-electron chi connectivity index (χ1n) is 6.28. The molecular weight excluding hydrogens is 321 g/mol. The number of piperidine rings is 1. The van der Waals surface area contributed by atoms with E-state index in [9.17, 15) is 13.2 Å². The Hall–Kier alpha value is -0.620. The van der Waals surface area contributed by atoms with Crippen molar-refractivity contribution in [2.24, 2.45) is 5.92 Å². The van der Waals surface area contributed by atoms with E-state index in [-0.39, 0.29) is 28.2 Å². The summed E-state index contributed by atoms with van der Waals surface area (Å²) in [7, 11) is -3.63. The van der Waals surface area contributed by atoms with E-state index in [4.69, 9.17) is 23.2 Å². The number of sulfonamides is 1. The Morgan fingerprint density at radius 1 is 1.30 bits per heavy atom. The van der Waals surface area contributed by atoms with Crippen molar-refractivity contribution in [3.05, 3.63) is 28.2 Å². The van der Waals surface area contributed by atoms with Gasteiger partial charge in [0.05, 0.1) is 14.9 Å². The number of ketones is 1. The van der Waals surface area contributed by atoms with Crippen LogP contribution in [0.5, 0.6) is 0 Å². The Morgan fingerprint density at radius 2 is 2.00 bits per heavy atom. The van der Waals surface area contributed by atoms with Crippen LogP contribution in [0.2, 0.25) is 10.0 Å². The van der Waals surface area contributed by atoms with Crippen LogP contribution >= 0.6 is 23.2 Å². The van der Waals surface area contributed by atoms with Gasteiger partial charge in [-0.25, -0.2) is 8.42 Å². The highest BCUT2D eigenvalue weighted by Gasteiger charge is 2.32. The fraction of sp³-hybridized carbons (Fsp3) is 0.462. The van der Waals surface area contributed by atoms with Crippen molar-refractivity contribution in [1.29, 1.82) is 0 Å². The first-order valence-corrected chi connectivity index (χ1v) is 8.47. The summed E-state index contributed by atoms with van der Waals surface area (Å²) in [5.41, 5.74) is 0. The number of halogens is 2. The van der Waals surface area contributed by atoms with E-state index >= 15 is 0 Å². The van der Waals surface area contributed by atoms with Crippen LogP contribution in [0.25, 0.3) is 0 Å². The lowest BCUT2D eigenvalue weighted by Gasteiger charge is -2.30. The third-order valence-corrected chi connectivity index (χ3v) is 6.09.